The molecule has 0 radical (unpaired) electrons. The van der Waals surface area contributed by atoms with Crippen molar-refractivity contribution in [1.29, 1.82) is 0 Å². The Hall–Kier alpha value is -3.80. The standard InChI is InChI=1S/C22H18F3N3O3/c1-4-30-21(29)18-11-12-19(31-18)28(3)20-17(14(2)26-13-27-20)10-7-15-5-8-16(9-6-15)22(23,24)25/h5-6,8-9,11-13H,4H2,1-3H3. The maximum absolute atomic E-state index is 12.7. The highest BCUT2D eigenvalue weighted by atomic mass is 19.4. The maximum Gasteiger partial charge on any atom is 0.416 e. The van der Waals surface area contributed by atoms with E-state index in [1.54, 1.807) is 31.9 Å². The van der Waals surface area contributed by atoms with Crippen LogP contribution in [0.15, 0.2) is 47.1 Å². The molecule has 9 heteroatoms. The first-order valence-corrected chi connectivity index (χ1v) is 9.22. The number of anilines is 2. The first-order valence-electron chi connectivity index (χ1n) is 9.22. The average Bonchev–Trinajstić information content (AvgIpc) is 3.22. The molecule has 0 N–H and O–H groups in total. The Bertz CT molecular complexity index is 1140. The molecule has 0 amide bonds. The summed E-state index contributed by atoms with van der Waals surface area (Å²) in [6, 6.07) is 7.64. The maximum atomic E-state index is 12.7. The molecule has 0 aliphatic carbocycles. The Kier molecular flexibility index (Phi) is 6.30. The number of halogens is 3. The molecule has 1 aromatic carbocycles. The lowest BCUT2D eigenvalue weighted by atomic mass is 10.1. The number of carbonyl (C=O) groups is 1. The number of rotatable bonds is 4. The van der Waals surface area contributed by atoms with E-state index in [1.165, 1.54) is 24.5 Å². The Morgan fingerprint density at radius 1 is 1.13 bits per heavy atom. The summed E-state index contributed by atoms with van der Waals surface area (Å²) in [5.41, 5.74) is 0.716. The van der Waals surface area contributed by atoms with Crippen LogP contribution in [-0.4, -0.2) is 29.6 Å². The van der Waals surface area contributed by atoms with Gasteiger partial charge in [0, 0.05) is 18.7 Å². The fourth-order valence-corrected chi connectivity index (χ4v) is 2.66. The zero-order valence-electron chi connectivity index (χ0n) is 16.9. The smallest absolute Gasteiger partial charge is 0.416 e. The van der Waals surface area contributed by atoms with Gasteiger partial charge in [-0.05, 0) is 44.2 Å². The zero-order valence-corrected chi connectivity index (χ0v) is 16.9. The minimum Gasteiger partial charge on any atom is -0.460 e. The second-order valence-corrected chi connectivity index (χ2v) is 6.40. The lowest BCUT2D eigenvalue weighted by Crippen LogP contribution is -2.13. The lowest BCUT2D eigenvalue weighted by Gasteiger charge is -2.17. The van der Waals surface area contributed by atoms with Crippen molar-refractivity contribution in [3.63, 3.8) is 0 Å². The predicted octanol–water partition coefficient (Wildman–Crippen LogP) is 4.74. The van der Waals surface area contributed by atoms with Crippen LogP contribution < -0.4 is 4.90 Å². The van der Waals surface area contributed by atoms with Crippen molar-refractivity contribution in [3.05, 3.63) is 70.9 Å². The highest BCUT2D eigenvalue weighted by Gasteiger charge is 2.29. The molecule has 0 fully saturated rings. The Labute approximate surface area is 176 Å². The number of hydrogen-bond acceptors (Lipinski definition) is 6. The number of hydrogen-bond donors (Lipinski definition) is 0. The fraction of sp³-hybridized carbons (Fsp3) is 0.227. The van der Waals surface area contributed by atoms with E-state index in [0.717, 1.165) is 12.1 Å². The van der Waals surface area contributed by atoms with Crippen LogP contribution in [0.1, 0.15) is 39.9 Å². The van der Waals surface area contributed by atoms with Gasteiger partial charge >= 0.3 is 12.1 Å². The highest BCUT2D eigenvalue weighted by molar-refractivity contribution is 5.87. The summed E-state index contributed by atoms with van der Waals surface area (Å²) < 4.78 is 48.6. The third-order valence-corrected chi connectivity index (χ3v) is 4.28. The van der Waals surface area contributed by atoms with Gasteiger partial charge in [0.1, 0.15) is 6.33 Å². The van der Waals surface area contributed by atoms with E-state index in [9.17, 15) is 18.0 Å². The minimum absolute atomic E-state index is 0.0480. The number of nitrogens with zero attached hydrogens (tertiary/aromatic N) is 3. The Balaban J connectivity index is 1.91. The topological polar surface area (TPSA) is 68.5 Å². The van der Waals surface area contributed by atoms with Gasteiger partial charge in [0.2, 0.25) is 11.6 Å². The molecule has 31 heavy (non-hydrogen) atoms. The lowest BCUT2D eigenvalue weighted by molar-refractivity contribution is -0.137. The summed E-state index contributed by atoms with van der Waals surface area (Å²) >= 11 is 0. The van der Waals surface area contributed by atoms with Crippen LogP contribution in [-0.2, 0) is 10.9 Å². The van der Waals surface area contributed by atoms with Gasteiger partial charge in [-0.25, -0.2) is 14.8 Å². The van der Waals surface area contributed by atoms with Gasteiger partial charge in [-0.1, -0.05) is 11.8 Å². The van der Waals surface area contributed by atoms with Crippen molar-refractivity contribution < 1.29 is 27.1 Å². The summed E-state index contributed by atoms with van der Waals surface area (Å²) in [5.74, 6) is 5.98. The third kappa shape index (κ3) is 5.04. The van der Waals surface area contributed by atoms with Gasteiger partial charge in [-0.3, -0.25) is 4.90 Å². The van der Waals surface area contributed by atoms with Crippen molar-refractivity contribution in [2.24, 2.45) is 0 Å². The molecule has 3 aromatic rings. The molecule has 0 aliphatic rings. The van der Waals surface area contributed by atoms with E-state index < -0.39 is 17.7 Å². The van der Waals surface area contributed by atoms with Gasteiger partial charge in [-0.15, -0.1) is 0 Å². The zero-order chi connectivity index (χ0) is 22.6. The predicted molar refractivity (Wildman–Crippen MR) is 107 cm³/mol. The van der Waals surface area contributed by atoms with E-state index in [0.29, 0.717) is 28.5 Å². The SMILES string of the molecule is CCOC(=O)c1ccc(N(C)c2ncnc(C)c2C#Cc2ccc(C(F)(F)F)cc2)o1. The van der Waals surface area contributed by atoms with E-state index in [1.807, 2.05) is 0 Å². The van der Waals surface area contributed by atoms with Gasteiger partial charge in [0.25, 0.3) is 0 Å². The normalized spacial score (nSPS) is 10.9. The van der Waals surface area contributed by atoms with E-state index in [-0.39, 0.29) is 12.4 Å². The number of carbonyl (C=O) groups excluding carboxylic acids is 1. The summed E-state index contributed by atoms with van der Waals surface area (Å²) in [6.07, 6.45) is -3.04. The number of aryl methyl sites for hydroxylation is 1. The van der Waals surface area contributed by atoms with Crippen LogP contribution in [0.2, 0.25) is 0 Å². The molecule has 3 rings (SSSR count). The fourth-order valence-electron chi connectivity index (χ4n) is 2.66. The number of furan rings is 1. The molecule has 0 bridgehead atoms. The van der Waals surface area contributed by atoms with Gasteiger partial charge in [0.15, 0.2) is 5.82 Å². The second kappa shape index (κ2) is 8.92. The molecule has 0 saturated carbocycles. The monoisotopic (exact) mass is 429 g/mol. The quantitative estimate of drug-likeness (QED) is 0.441. The van der Waals surface area contributed by atoms with Crippen molar-refractivity contribution in [2.75, 3.05) is 18.6 Å². The van der Waals surface area contributed by atoms with E-state index in [2.05, 4.69) is 21.8 Å². The van der Waals surface area contributed by atoms with Gasteiger partial charge in [0.05, 0.1) is 23.4 Å². The largest absolute Gasteiger partial charge is 0.460 e. The number of esters is 1. The molecule has 0 saturated heterocycles. The molecule has 0 atom stereocenters. The van der Waals surface area contributed by atoms with E-state index in [4.69, 9.17) is 9.15 Å². The number of ether oxygens (including phenoxy) is 1. The average molecular weight is 429 g/mol. The van der Waals surface area contributed by atoms with Crippen LogP contribution >= 0.6 is 0 Å². The first kappa shape index (κ1) is 21.9. The van der Waals surface area contributed by atoms with E-state index >= 15 is 0 Å². The molecular formula is C22H18F3N3O3. The number of alkyl halides is 3. The second-order valence-electron chi connectivity index (χ2n) is 6.40. The van der Waals surface area contributed by atoms with Crippen molar-refractivity contribution in [2.45, 2.75) is 20.0 Å². The van der Waals surface area contributed by atoms with Crippen LogP contribution in [0.3, 0.4) is 0 Å². The summed E-state index contributed by atoms with van der Waals surface area (Å²) in [4.78, 5) is 21.8. The molecule has 160 valence electrons. The third-order valence-electron chi connectivity index (χ3n) is 4.28. The summed E-state index contributed by atoms with van der Waals surface area (Å²) in [6.45, 7) is 3.65. The van der Waals surface area contributed by atoms with Crippen LogP contribution in [0.5, 0.6) is 0 Å². The van der Waals surface area contributed by atoms with Crippen LogP contribution in [0.4, 0.5) is 24.9 Å². The Morgan fingerprint density at radius 3 is 2.48 bits per heavy atom. The molecule has 0 aliphatic heterocycles. The first-order chi connectivity index (χ1) is 14.7. The van der Waals surface area contributed by atoms with Crippen LogP contribution in [0, 0.1) is 18.8 Å². The minimum atomic E-state index is -4.41. The van der Waals surface area contributed by atoms with Crippen molar-refractivity contribution in [3.8, 4) is 11.8 Å². The van der Waals surface area contributed by atoms with Gasteiger partial charge < -0.3 is 9.15 Å². The van der Waals surface area contributed by atoms with Crippen molar-refractivity contribution in [1.82, 2.24) is 9.97 Å². The summed E-state index contributed by atoms with van der Waals surface area (Å²) in [7, 11) is 1.68. The molecule has 0 unspecified atom stereocenters. The Morgan fingerprint density at radius 2 is 1.84 bits per heavy atom. The number of aromatic nitrogens is 2. The molecule has 0 spiro atoms. The number of benzene rings is 1. The van der Waals surface area contributed by atoms with Crippen molar-refractivity contribution >= 4 is 17.7 Å². The highest BCUT2D eigenvalue weighted by Crippen LogP contribution is 2.29. The molecule has 2 heterocycles. The summed E-state index contributed by atoms with van der Waals surface area (Å²) in [5, 5.41) is 0. The van der Waals surface area contributed by atoms with Gasteiger partial charge in [-0.2, -0.15) is 13.2 Å². The molecule has 2 aromatic heterocycles. The van der Waals surface area contributed by atoms with Crippen LogP contribution in [0.25, 0.3) is 0 Å². The molecular weight excluding hydrogens is 411 g/mol. The molecule has 6 nitrogen and oxygen atoms in total.